The molecule has 0 saturated heterocycles. The Balaban J connectivity index is 1.92. The molecule has 4 rings (SSSR count). The number of allylic oxidation sites excluding steroid dienone is 3. The van der Waals surface area contributed by atoms with Crippen molar-refractivity contribution in [3.05, 3.63) is 79.6 Å². The Bertz CT molecular complexity index is 1210. The lowest BCUT2D eigenvalue weighted by atomic mass is 9.78. The zero-order valence-electron chi connectivity index (χ0n) is 15.7. The van der Waals surface area contributed by atoms with Crippen LogP contribution in [0.1, 0.15) is 35.6 Å². The van der Waals surface area contributed by atoms with Gasteiger partial charge in [-0.2, -0.15) is 10.5 Å². The molecule has 0 unspecified atom stereocenters. The monoisotopic (exact) mass is 417 g/mol. The quantitative estimate of drug-likeness (QED) is 0.591. The van der Waals surface area contributed by atoms with Crippen molar-refractivity contribution in [3.63, 3.8) is 0 Å². The predicted molar refractivity (Wildman–Crippen MR) is 110 cm³/mol. The first kappa shape index (κ1) is 19.4. The SMILES string of the molecule is N#CC1=C(N)N(c2ccc(C#N)cc2)C2=C(C(=O)CCC2)[C@@H]1c1ccc([N+](=O)[O-])s1. The van der Waals surface area contributed by atoms with Gasteiger partial charge in [-0.3, -0.25) is 19.8 Å². The molecule has 2 N–H and O–H groups in total. The molecule has 8 nitrogen and oxygen atoms in total. The van der Waals surface area contributed by atoms with Crippen LogP contribution in [0.4, 0.5) is 10.7 Å². The van der Waals surface area contributed by atoms with Gasteiger partial charge in [0.25, 0.3) is 0 Å². The average Bonchev–Trinajstić information content (AvgIpc) is 3.23. The molecule has 1 aromatic heterocycles. The van der Waals surface area contributed by atoms with Crippen molar-refractivity contribution in [2.24, 2.45) is 5.73 Å². The van der Waals surface area contributed by atoms with Gasteiger partial charge in [0.2, 0.25) is 0 Å². The molecule has 1 aromatic carbocycles. The number of hydrogen-bond donors (Lipinski definition) is 1. The van der Waals surface area contributed by atoms with Gasteiger partial charge < -0.3 is 5.73 Å². The van der Waals surface area contributed by atoms with E-state index >= 15 is 0 Å². The van der Waals surface area contributed by atoms with Crippen molar-refractivity contribution in [1.29, 1.82) is 10.5 Å². The second-order valence-corrected chi connectivity index (χ2v) is 8.00. The van der Waals surface area contributed by atoms with E-state index in [0.717, 1.165) is 11.3 Å². The molecule has 1 aliphatic carbocycles. The standard InChI is InChI=1S/C21H15N5O3S/c22-10-12-4-6-13(7-5-12)25-15-2-1-3-16(27)20(15)19(14(11-23)21(25)24)17-8-9-18(30-17)26(28)29/h4-9,19H,1-3,24H2/t19-/m0/s1. The summed E-state index contributed by atoms with van der Waals surface area (Å²) in [5.41, 5.74) is 8.91. The molecule has 0 amide bonds. The number of thiophene rings is 1. The summed E-state index contributed by atoms with van der Waals surface area (Å²) in [4.78, 5) is 25.9. The molecule has 30 heavy (non-hydrogen) atoms. The fourth-order valence-corrected chi connectivity index (χ4v) is 4.89. The Kier molecular flexibility index (Phi) is 4.82. The highest BCUT2D eigenvalue weighted by Gasteiger charge is 2.41. The highest BCUT2D eigenvalue weighted by Crippen LogP contribution is 2.48. The van der Waals surface area contributed by atoms with Gasteiger partial charge in [-0.1, -0.05) is 11.3 Å². The maximum atomic E-state index is 13.0. The summed E-state index contributed by atoms with van der Waals surface area (Å²) in [5, 5.41) is 30.1. The normalized spacial score (nSPS) is 18.7. The molecule has 2 heterocycles. The number of nitriles is 2. The first-order valence-corrected chi connectivity index (χ1v) is 9.98. The van der Waals surface area contributed by atoms with Crippen LogP contribution in [0.3, 0.4) is 0 Å². The number of benzene rings is 1. The van der Waals surface area contributed by atoms with Gasteiger partial charge in [0.1, 0.15) is 5.82 Å². The van der Waals surface area contributed by atoms with Crippen molar-refractivity contribution >= 4 is 27.8 Å². The minimum absolute atomic E-state index is 0.0548. The Morgan fingerprint density at radius 3 is 2.47 bits per heavy atom. The van der Waals surface area contributed by atoms with Gasteiger partial charge in [0, 0.05) is 34.3 Å². The van der Waals surface area contributed by atoms with Crippen LogP contribution < -0.4 is 10.6 Å². The molecule has 9 heteroatoms. The van der Waals surface area contributed by atoms with Gasteiger partial charge in [0.15, 0.2) is 5.78 Å². The van der Waals surface area contributed by atoms with E-state index in [-0.39, 0.29) is 22.2 Å². The molecule has 148 valence electrons. The minimum atomic E-state index is -0.717. The maximum Gasteiger partial charge on any atom is 0.324 e. The molecule has 2 aliphatic rings. The number of carbonyl (C=O) groups is 1. The lowest BCUT2D eigenvalue weighted by molar-refractivity contribution is -0.380. The number of Topliss-reactive ketones (excluding diaryl/α,β-unsaturated/α-hetero) is 1. The van der Waals surface area contributed by atoms with Crippen LogP contribution in [0.5, 0.6) is 0 Å². The Morgan fingerprint density at radius 2 is 1.87 bits per heavy atom. The molecule has 0 fully saturated rings. The summed E-state index contributed by atoms with van der Waals surface area (Å²) < 4.78 is 0. The highest BCUT2D eigenvalue weighted by molar-refractivity contribution is 7.15. The zero-order chi connectivity index (χ0) is 21.4. The molecule has 1 atom stereocenters. The van der Waals surface area contributed by atoms with E-state index in [1.807, 2.05) is 0 Å². The fraction of sp³-hybridized carbons (Fsp3) is 0.190. The number of carbonyl (C=O) groups excluding carboxylic acids is 1. The Morgan fingerprint density at radius 1 is 1.13 bits per heavy atom. The molecule has 2 aromatic rings. The van der Waals surface area contributed by atoms with Gasteiger partial charge in [0.05, 0.1) is 34.1 Å². The molecular weight excluding hydrogens is 402 g/mol. The maximum absolute atomic E-state index is 13.0. The van der Waals surface area contributed by atoms with Crippen molar-refractivity contribution in [3.8, 4) is 12.1 Å². The smallest absolute Gasteiger partial charge is 0.324 e. The van der Waals surface area contributed by atoms with Crippen molar-refractivity contribution in [1.82, 2.24) is 0 Å². The van der Waals surface area contributed by atoms with Crippen LogP contribution in [0.15, 0.2) is 59.1 Å². The molecule has 1 aliphatic heterocycles. The highest BCUT2D eigenvalue weighted by atomic mass is 32.1. The van der Waals surface area contributed by atoms with E-state index in [9.17, 15) is 20.2 Å². The average molecular weight is 417 g/mol. The number of anilines is 1. The number of nitrogens with zero attached hydrogens (tertiary/aromatic N) is 4. The van der Waals surface area contributed by atoms with Crippen molar-refractivity contribution in [2.75, 3.05) is 4.90 Å². The van der Waals surface area contributed by atoms with E-state index in [1.54, 1.807) is 35.2 Å². The summed E-state index contributed by atoms with van der Waals surface area (Å²) in [7, 11) is 0. The molecule has 0 bridgehead atoms. The Labute approximate surface area is 175 Å². The summed E-state index contributed by atoms with van der Waals surface area (Å²) in [6.45, 7) is 0. The van der Waals surface area contributed by atoms with Crippen LogP contribution in [0, 0.1) is 32.8 Å². The summed E-state index contributed by atoms with van der Waals surface area (Å²) >= 11 is 0.948. The van der Waals surface area contributed by atoms with Gasteiger partial charge >= 0.3 is 5.00 Å². The minimum Gasteiger partial charge on any atom is -0.384 e. The second kappa shape index (κ2) is 7.47. The van der Waals surface area contributed by atoms with Crippen LogP contribution in [-0.4, -0.2) is 10.7 Å². The third kappa shape index (κ3) is 3.02. The van der Waals surface area contributed by atoms with E-state index in [4.69, 9.17) is 11.0 Å². The largest absolute Gasteiger partial charge is 0.384 e. The van der Waals surface area contributed by atoms with Crippen LogP contribution in [0.2, 0.25) is 0 Å². The lowest BCUT2D eigenvalue weighted by Crippen LogP contribution is -2.38. The van der Waals surface area contributed by atoms with E-state index in [1.165, 1.54) is 6.07 Å². The van der Waals surface area contributed by atoms with Crippen molar-refractivity contribution in [2.45, 2.75) is 25.2 Å². The van der Waals surface area contributed by atoms with Crippen LogP contribution in [0.25, 0.3) is 0 Å². The second-order valence-electron chi connectivity index (χ2n) is 6.91. The van der Waals surface area contributed by atoms with Gasteiger partial charge in [-0.15, -0.1) is 0 Å². The van der Waals surface area contributed by atoms with Crippen molar-refractivity contribution < 1.29 is 9.72 Å². The predicted octanol–water partition coefficient (Wildman–Crippen LogP) is 3.83. The lowest BCUT2D eigenvalue weighted by Gasteiger charge is -2.39. The van der Waals surface area contributed by atoms with E-state index in [2.05, 4.69) is 12.1 Å². The first-order chi connectivity index (χ1) is 14.5. The summed E-state index contributed by atoms with van der Waals surface area (Å²) in [5.74, 6) is -0.612. The Hall–Kier alpha value is -3.95. The summed E-state index contributed by atoms with van der Waals surface area (Å²) in [6.07, 6.45) is 1.59. The molecule has 0 spiro atoms. The van der Waals surface area contributed by atoms with E-state index < -0.39 is 10.8 Å². The van der Waals surface area contributed by atoms with Crippen LogP contribution in [-0.2, 0) is 4.79 Å². The number of ketones is 1. The number of nitrogens with two attached hydrogens (primary N) is 1. The zero-order valence-corrected chi connectivity index (χ0v) is 16.5. The van der Waals surface area contributed by atoms with Crippen LogP contribution >= 0.6 is 11.3 Å². The number of nitro groups is 1. The third-order valence-corrected chi connectivity index (χ3v) is 6.35. The number of hydrogen-bond acceptors (Lipinski definition) is 8. The third-order valence-electron chi connectivity index (χ3n) is 5.24. The van der Waals surface area contributed by atoms with Gasteiger partial charge in [-0.05, 0) is 43.2 Å². The van der Waals surface area contributed by atoms with E-state index in [0.29, 0.717) is 46.7 Å². The topological polar surface area (TPSA) is 137 Å². The summed E-state index contributed by atoms with van der Waals surface area (Å²) in [6, 6.07) is 13.9. The fourth-order valence-electron chi connectivity index (χ4n) is 3.95. The first-order valence-electron chi connectivity index (χ1n) is 9.16. The molecule has 0 radical (unpaired) electrons. The number of rotatable bonds is 3. The molecule has 0 saturated carbocycles. The van der Waals surface area contributed by atoms with Gasteiger partial charge in [-0.25, -0.2) is 0 Å². The molecular formula is C21H15N5O3S.